The van der Waals surface area contributed by atoms with Gasteiger partial charge in [0, 0.05) is 11.8 Å². The molecule has 1 aliphatic heterocycles. The molecule has 0 unspecified atom stereocenters. The first kappa shape index (κ1) is 16.6. The molecule has 0 fully saturated rings. The van der Waals surface area contributed by atoms with Gasteiger partial charge in [-0.05, 0) is 37.3 Å². The average Bonchev–Trinajstić information content (AvgIpc) is 3.09. The molecule has 1 amide bonds. The summed E-state index contributed by atoms with van der Waals surface area (Å²) >= 11 is 0. The van der Waals surface area contributed by atoms with Gasteiger partial charge in [0.2, 0.25) is 6.79 Å². The highest BCUT2D eigenvalue weighted by Crippen LogP contribution is 2.34. The van der Waals surface area contributed by atoms with Crippen LogP contribution in [0.4, 0.5) is 5.69 Å². The van der Waals surface area contributed by atoms with Gasteiger partial charge in [-0.15, -0.1) is 0 Å². The molecule has 0 radical (unpaired) electrons. The Hall–Kier alpha value is -3.22. The zero-order valence-corrected chi connectivity index (χ0v) is 13.8. The highest BCUT2D eigenvalue weighted by molar-refractivity contribution is 5.97. The van der Waals surface area contributed by atoms with Crippen molar-refractivity contribution in [3.05, 3.63) is 48.0 Å². The normalized spacial score (nSPS) is 13.0. The van der Waals surface area contributed by atoms with Crippen LogP contribution in [-0.2, 0) is 9.53 Å². The van der Waals surface area contributed by atoms with E-state index in [1.807, 2.05) is 0 Å². The van der Waals surface area contributed by atoms with Crippen molar-refractivity contribution in [2.24, 2.45) is 0 Å². The molecule has 1 heterocycles. The first-order valence-electron chi connectivity index (χ1n) is 7.62. The molecule has 7 heteroatoms. The molecule has 1 aliphatic rings. The lowest BCUT2D eigenvalue weighted by atomic mass is 10.2. The minimum Gasteiger partial charge on any atom is -0.497 e. The smallest absolute Gasteiger partial charge is 0.339 e. The number of rotatable bonds is 5. The highest BCUT2D eigenvalue weighted by Gasteiger charge is 2.20. The van der Waals surface area contributed by atoms with Crippen LogP contribution >= 0.6 is 0 Å². The largest absolute Gasteiger partial charge is 0.497 e. The number of anilines is 1. The van der Waals surface area contributed by atoms with Crippen molar-refractivity contribution in [3.63, 3.8) is 0 Å². The minimum absolute atomic E-state index is 0.154. The Morgan fingerprint density at radius 3 is 2.72 bits per heavy atom. The summed E-state index contributed by atoms with van der Waals surface area (Å²) < 4.78 is 20.7. The fourth-order valence-electron chi connectivity index (χ4n) is 2.25. The predicted molar refractivity (Wildman–Crippen MR) is 89.1 cm³/mol. The van der Waals surface area contributed by atoms with Crippen LogP contribution in [0.15, 0.2) is 42.5 Å². The third-order valence-electron chi connectivity index (χ3n) is 3.60. The number of esters is 1. The van der Waals surface area contributed by atoms with Crippen molar-refractivity contribution in [2.45, 2.75) is 13.0 Å². The summed E-state index contributed by atoms with van der Waals surface area (Å²) in [7, 11) is 1.51. The molecule has 25 heavy (non-hydrogen) atoms. The van der Waals surface area contributed by atoms with E-state index in [2.05, 4.69) is 5.32 Å². The monoisotopic (exact) mass is 343 g/mol. The van der Waals surface area contributed by atoms with E-state index in [4.69, 9.17) is 18.9 Å². The van der Waals surface area contributed by atoms with Crippen molar-refractivity contribution in [1.82, 2.24) is 0 Å². The molecule has 0 saturated carbocycles. The van der Waals surface area contributed by atoms with Crippen molar-refractivity contribution < 1.29 is 28.5 Å². The first-order valence-corrected chi connectivity index (χ1v) is 7.62. The number of nitrogens with one attached hydrogen (secondary N) is 1. The van der Waals surface area contributed by atoms with Crippen LogP contribution in [0.25, 0.3) is 0 Å². The molecule has 1 N–H and O–H groups in total. The Bertz CT molecular complexity index is 804. The Balaban J connectivity index is 1.61. The van der Waals surface area contributed by atoms with Crippen LogP contribution in [-0.4, -0.2) is 31.9 Å². The van der Waals surface area contributed by atoms with Gasteiger partial charge in [-0.1, -0.05) is 6.07 Å². The number of fused-ring (bicyclic) bond motifs is 1. The summed E-state index contributed by atoms with van der Waals surface area (Å²) in [5.74, 6) is 0.656. The third-order valence-corrected chi connectivity index (χ3v) is 3.60. The fourth-order valence-corrected chi connectivity index (χ4v) is 2.25. The molecule has 130 valence electrons. The van der Waals surface area contributed by atoms with Gasteiger partial charge in [-0.25, -0.2) is 4.79 Å². The molecule has 0 spiro atoms. The van der Waals surface area contributed by atoms with E-state index in [-0.39, 0.29) is 6.79 Å². The lowest BCUT2D eigenvalue weighted by Crippen LogP contribution is -2.30. The lowest BCUT2D eigenvalue weighted by Gasteiger charge is -2.14. The maximum atomic E-state index is 12.2. The molecule has 0 aliphatic carbocycles. The third kappa shape index (κ3) is 3.82. The summed E-state index contributed by atoms with van der Waals surface area (Å²) in [6.45, 7) is 1.65. The second-order valence-electron chi connectivity index (χ2n) is 5.34. The molecule has 0 aromatic heterocycles. The first-order chi connectivity index (χ1) is 12.1. The lowest BCUT2D eigenvalue weighted by molar-refractivity contribution is -0.123. The van der Waals surface area contributed by atoms with Crippen molar-refractivity contribution >= 4 is 17.6 Å². The number of hydrogen-bond donors (Lipinski definition) is 1. The fraction of sp³-hybridized carbons (Fsp3) is 0.222. The topological polar surface area (TPSA) is 83.1 Å². The maximum Gasteiger partial charge on any atom is 0.339 e. The highest BCUT2D eigenvalue weighted by atomic mass is 16.7. The van der Waals surface area contributed by atoms with Crippen LogP contribution in [0.1, 0.15) is 17.3 Å². The molecule has 2 aromatic carbocycles. The molecule has 0 saturated heterocycles. The van der Waals surface area contributed by atoms with E-state index >= 15 is 0 Å². The second-order valence-corrected chi connectivity index (χ2v) is 5.34. The summed E-state index contributed by atoms with van der Waals surface area (Å²) in [5.41, 5.74) is 0.834. The molecule has 0 bridgehead atoms. The zero-order chi connectivity index (χ0) is 17.8. The molecule has 2 aromatic rings. The number of ether oxygens (including phenoxy) is 4. The van der Waals surface area contributed by atoms with Crippen molar-refractivity contribution in [1.29, 1.82) is 0 Å². The van der Waals surface area contributed by atoms with Gasteiger partial charge in [0.05, 0.1) is 12.7 Å². The van der Waals surface area contributed by atoms with Gasteiger partial charge in [-0.2, -0.15) is 0 Å². The quantitative estimate of drug-likeness (QED) is 0.840. The number of hydrogen-bond acceptors (Lipinski definition) is 6. The zero-order valence-electron chi connectivity index (χ0n) is 13.8. The molecule has 1 atom stereocenters. The van der Waals surface area contributed by atoms with Gasteiger partial charge >= 0.3 is 5.97 Å². The van der Waals surface area contributed by atoms with Crippen molar-refractivity contribution in [2.75, 3.05) is 19.2 Å². The minimum atomic E-state index is -0.968. The van der Waals surface area contributed by atoms with Gasteiger partial charge in [-0.3, -0.25) is 4.79 Å². The number of carbonyl (C=O) groups excluding carboxylic acids is 2. The van der Waals surface area contributed by atoms with E-state index < -0.39 is 18.0 Å². The van der Waals surface area contributed by atoms with E-state index in [1.165, 1.54) is 14.0 Å². The maximum absolute atomic E-state index is 12.2. The van der Waals surface area contributed by atoms with E-state index in [0.717, 1.165) is 0 Å². The van der Waals surface area contributed by atoms with Crippen molar-refractivity contribution in [3.8, 4) is 17.2 Å². The van der Waals surface area contributed by atoms with Gasteiger partial charge < -0.3 is 24.3 Å². The van der Waals surface area contributed by atoms with E-state index in [1.54, 1.807) is 42.5 Å². The van der Waals surface area contributed by atoms with Crippen LogP contribution in [0.5, 0.6) is 17.2 Å². The number of methoxy groups -OCH3 is 1. The van der Waals surface area contributed by atoms with Gasteiger partial charge in [0.25, 0.3) is 5.91 Å². The summed E-state index contributed by atoms with van der Waals surface area (Å²) in [5, 5.41) is 2.67. The van der Waals surface area contributed by atoms with Gasteiger partial charge in [0.1, 0.15) is 5.75 Å². The SMILES string of the molecule is COc1cccc(C(=O)O[C@H](C)C(=O)Nc2ccc3c(c2)OCO3)c1. The van der Waals surface area contributed by atoms with Crippen LogP contribution < -0.4 is 19.5 Å². The van der Waals surface area contributed by atoms with Crippen LogP contribution in [0, 0.1) is 0 Å². The summed E-state index contributed by atoms with van der Waals surface area (Å²) in [6, 6.07) is 11.6. The van der Waals surface area contributed by atoms with Crippen LogP contribution in [0.3, 0.4) is 0 Å². The van der Waals surface area contributed by atoms with E-state index in [0.29, 0.717) is 28.5 Å². The summed E-state index contributed by atoms with van der Waals surface area (Å²) in [4.78, 5) is 24.4. The molecular formula is C18H17NO6. The summed E-state index contributed by atoms with van der Waals surface area (Å²) in [6.07, 6.45) is -0.968. The van der Waals surface area contributed by atoms with E-state index in [9.17, 15) is 9.59 Å². The molecule has 7 nitrogen and oxygen atoms in total. The average molecular weight is 343 g/mol. The number of benzene rings is 2. The Kier molecular flexibility index (Phi) is 4.74. The Morgan fingerprint density at radius 2 is 1.92 bits per heavy atom. The predicted octanol–water partition coefficient (Wildman–Crippen LogP) is 2.61. The second kappa shape index (κ2) is 7.12. The van der Waals surface area contributed by atoms with Crippen LogP contribution in [0.2, 0.25) is 0 Å². The van der Waals surface area contributed by atoms with Gasteiger partial charge in [0.15, 0.2) is 17.6 Å². The standard InChI is InChI=1S/C18H17NO6/c1-11(25-18(21)12-4-3-5-14(8-12)22-2)17(20)19-13-6-7-15-16(9-13)24-10-23-15/h3-9,11H,10H2,1-2H3,(H,19,20)/t11-/m1/s1. The Labute approximate surface area is 144 Å². The molecular weight excluding hydrogens is 326 g/mol. The Morgan fingerprint density at radius 1 is 1.12 bits per heavy atom. The number of carbonyl (C=O) groups is 2. The number of amides is 1. The molecule has 3 rings (SSSR count).